The van der Waals surface area contributed by atoms with Crippen LogP contribution in [0, 0.1) is 11.3 Å². The predicted molar refractivity (Wildman–Crippen MR) is 71.7 cm³/mol. The van der Waals surface area contributed by atoms with E-state index in [1.165, 1.54) is 0 Å². The van der Waals surface area contributed by atoms with E-state index in [0.717, 1.165) is 5.56 Å². The molecule has 0 fully saturated rings. The second-order valence-electron chi connectivity index (χ2n) is 3.95. The Morgan fingerprint density at radius 3 is 2.56 bits per heavy atom. The first kappa shape index (κ1) is 12.5. The Morgan fingerprint density at radius 1 is 1.17 bits per heavy atom. The van der Waals surface area contributed by atoms with E-state index in [9.17, 15) is 0 Å². The van der Waals surface area contributed by atoms with Gasteiger partial charge >= 0.3 is 0 Å². The Bertz CT molecular complexity index is 572. The van der Waals surface area contributed by atoms with Crippen LogP contribution in [0.4, 0.5) is 0 Å². The third-order valence-electron chi connectivity index (χ3n) is 2.62. The lowest BCUT2D eigenvalue weighted by atomic mass is 10.1. The third kappa shape index (κ3) is 3.03. The van der Waals surface area contributed by atoms with E-state index in [1.54, 1.807) is 12.1 Å². The molecule has 0 radical (unpaired) electrons. The van der Waals surface area contributed by atoms with Gasteiger partial charge in [-0.2, -0.15) is 5.26 Å². The van der Waals surface area contributed by atoms with Gasteiger partial charge in [-0.3, -0.25) is 0 Å². The van der Waals surface area contributed by atoms with Crippen LogP contribution in [-0.2, 0) is 0 Å². The molecule has 0 saturated carbocycles. The van der Waals surface area contributed by atoms with Crippen LogP contribution in [0.15, 0.2) is 48.5 Å². The fourth-order valence-electron chi connectivity index (χ4n) is 1.64. The minimum atomic E-state index is -0.0868. The molecule has 0 aromatic heterocycles. The molecule has 0 aliphatic rings. The lowest BCUT2D eigenvalue weighted by molar-refractivity contribution is 0.227. The molecule has 2 rings (SSSR count). The Hall–Kier alpha value is -1.98. The first-order valence-corrected chi connectivity index (χ1v) is 5.99. The summed E-state index contributed by atoms with van der Waals surface area (Å²) in [4.78, 5) is 0. The molecule has 1 unspecified atom stereocenters. The van der Waals surface area contributed by atoms with Crippen LogP contribution >= 0.6 is 11.6 Å². The first-order valence-electron chi connectivity index (χ1n) is 5.61. The largest absolute Gasteiger partial charge is 0.486 e. The summed E-state index contributed by atoms with van der Waals surface area (Å²) in [5.74, 6) is 0.691. The van der Waals surface area contributed by atoms with Crippen LogP contribution in [0.2, 0.25) is 5.02 Å². The molecule has 1 atom stereocenters. The number of nitrogens with zero attached hydrogens (tertiary/aromatic N) is 1. The maximum atomic E-state index is 8.82. The summed E-state index contributed by atoms with van der Waals surface area (Å²) in [5, 5.41) is 9.53. The highest BCUT2D eigenvalue weighted by atomic mass is 35.5. The summed E-state index contributed by atoms with van der Waals surface area (Å²) in [6.07, 6.45) is -0.0868. The maximum Gasteiger partial charge on any atom is 0.121 e. The van der Waals surface area contributed by atoms with Crippen LogP contribution in [-0.4, -0.2) is 0 Å². The van der Waals surface area contributed by atoms with Crippen LogP contribution in [0.25, 0.3) is 0 Å². The molecule has 0 N–H and O–H groups in total. The molecule has 2 nitrogen and oxygen atoms in total. The van der Waals surface area contributed by atoms with E-state index in [1.807, 2.05) is 43.3 Å². The number of ether oxygens (including phenoxy) is 1. The van der Waals surface area contributed by atoms with Crippen molar-refractivity contribution in [2.45, 2.75) is 13.0 Å². The van der Waals surface area contributed by atoms with Gasteiger partial charge in [0, 0.05) is 5.02 Å². The lowest BCUT2D eigenvalue weighted by Gasteiger charge is -2.15. The highest BCUT2D eigenvalue weighted by Gasteiger charge is 2.07. The van der Waals surface area contributed by atoms with E-state index in [2.05, 4.69) is 6.07 Å². The molecular weight excluding hydrogens is 246 g/mol. The number of hydrogen-bond donors (Lipinski definition) is 0. The van der Waals surface area contributed by atoms with Crippen LogP contribution in [0.1, 0.15) is 24.2 Å². The van der Waals surface area contributed by atoms with Crippen molar-refractivity contribution in [3.63, 3.8) is 0 Å². The fourth-order valence-corrected chi connectivity index (χ4v) is 1.77. The molecule has 0 bridgehead atoms. The second kappa shape index (κ2) is 5.57. The molecule has 0 aliphatic carbocycles. The highest BCUT2D eigenvalue weighted by Crippen LogP contribution is 2.23. The average Bonchev–Trinajstić information content (AvgIpc) is 2.39. The van der Waals surface area contributed by atoms with E-state index in [-0.39, 0.29) is 6.10 Å². The maximum absolute atomic E-state index is 8.82. The van der Waals surface area contributed by atoms with Crippen molar-refractivity contribution in [1.29, 1.82) is 5.26 Å². The summed E-state index contributed by atoms with van der Waals surface area (Å²) < 4.78 is 5.79. The van der Waals surface area contributed by atoms with Gasteiger partial charge in [0.05, 0.1) is 11.6 Å². The quantitative estimate of drug-likeness (QED) is 0.819. The fraction of sp³-hybridized carbons (Fsp3) is 0.133. The summed E-state index contributed by atoms with van der Waals surface area (Å²) in [7, 11) is 0. The van der Waals surface area contributed by atoms with E-state index < -0.39 is 0 Å². The van der Waals surface area contributed by atoms with Crippen molar-refractivity contribution in [3.05, 3.63) is 64.7 Å². The Morgan fingerprint density at radius 2 is 1.89 bits per heavy atom. The normalized spacial score (nSPS) is 11.6. The number of hydrogen-bond acceptors (Lipinski definition) is 2. The molecule has 0 spiro atoms. The monoisotopic (exact) mass is 257 g/mol. The van der Waals surface area contributed by atoms with Crippen molar-refractivity contribution < 1.29 is 4.74 Å². The molecule has 2 aromatic carbocycles. The van der Waals surface area contributed by atoms with Gasteiger partial charge < -0.3 is 4.74 Å². The average molecular weight is 258 g/mol. The van der Waals surface area contributed by atoms with Crippen LogP contribution in [0.5, 0.6) is 5.75 Å². The van der Waals surface area contributed by atoms with Crippen molar-refractivity contribution >= 4 is 11.6 Å². The summed E-state index contributed by atoms with van der Waals surface area (Å²) >= 11 is 5.84. The molecule has 90 valence electrons. The molecule has 0 aliphatic heterocycles. The predicted octanol–water partition coefficient (Wildman–Crippen LogP) is 4.35. The lowest BCUT2D eigenvalue weighted by Crippen LogP contribution is -2.02. The summed E-state index contributed by atoms with van der Waals surface area (Å²) in [6, 6.07) is 16.8. The zero-order valence-electron chi connectivity index (χ0n) is 9.93. The second-order valence-corrected chi connectivity index (χ2v) is 4.39. The Balaban J connectivity index is 2.13. The minimum absolute atomic E-state index is 0.0868. The van der Waals surface area contributed by atoms with Crippen molar-refractivity contribution in [3.8, 4) is 11.8 Å². The van der Waals surface area contributed by atoms with Crippen molar-refractivity contribution in [2.75, 3.05) is 0 Å². The van der Waals surface area contributed by atoms with E-state index in [4.69, 9.17) is 21.6 Å². The molecular formula is C15H12ClNO. The van der Waals surface area contributed by atoms with Crippen molar-refractivity contribution in [1.82, 2.24) is 0 Å². The summed E-state index contributed by atoms with van der Waals surface area (Å²) in [6.45, 7) is 1.96. The zero-order chi connectivity index (χ0) is 13.0. The number of nitriles is 1. The molecule has 2 aromatic rings. The SMILES string of the molecule is CC(Oc1cccc(C#N)c1)c1ccc(Cl)cc1. The van der Waals surface area contributed by atoms with Gasteiger partial charge in [0.1, 0.15) is 11.9 Å². The standard InChI is InChI=1S/C15H12ClNO/c1-11(13-5-7-14(16)8-6-13)18-15-4-2-3-12(9-15)10-17/h2-9,11H,1H3. The first-order chi connectivity index (χ1) is 8.69. The molecule has 0 saturated heterocycles. The minimum Gasteiger partial charge on any atom is -0.486 e. The topological polar surface area (TPSA) is 33.0 Å². The van der Waals surface area contributed by atoms with Gasteiger partial charge in [-0.1, -0.05) is 29.8 Å². The molecule has 0 amide bonds. The molecule has 18 heavy (non-hydrogen) atoms. The Labute approximate surface area is 111 Å². The van der Waals surface area contributed by atoms with Gasteiger partial charge in [-0.15, -0.1) is 0 Å². The van der Waals surface area contributed by atoms with Gasteiger partial charge in [0.25, 0.3) is 0 Å². The third-order valence-corrected chi connectivity index (χ3v) is 2.87. The smallest absolute Gasteiger partial charge is 0.121 e. The summed E-state index contributed by atoms with van der Waals surface area (Å²) in [5.41, 5.74) is 1.64. The molecule has 0 heterocycles. The zero-order valence-corrected chi connectivity index (χ0v) is 10.7. The van der Waals surface area contributed by atoms with Crippen molar-refractivity contribution in [2.24, 2.45) is 0 Å². The van der Waals surface area contributed by atoms with E-state index in [0.29, 0.717) is 16.3 Å². The van der Waals surface area contributed by atoms with Crippen LogP contribution < -0.4 is 4.74 Å². The highest BCUT2D eigenvalue weighted by molar-refractivity contribution is 6.30. The van der Waals surface area contributed by atoms with Gasteiger partial charge in [0.2, 0.25) is 0 Å². The van der Waals surface area contributed by atoms with Gasteiger partial charge in [-0.05, 0) is 42.8 Å². The number of halogens is 1. The van der Waals surface area contributed by atoms with Gasteiger partial charge in [0.15, 0.2) is 0 Å². The van der Waals surface area contributed by atoms with Crippen LogP contribution in [0.3, 0.4) is 0 Å². The molecule has 3 heteroatoms. The van der Waals surface area contributed by atoms with E-state index >= 15 is 0 Å². The van der Waals surface area contributed by atoms with Gasteiger partial charge in [-0.25, -0.2) is 0 Å². The number of rotatable bonds is 3. The Kier molecular flexibility index (Phi) is 3.86. The number of benzene rings is 2.